The minimum Gasteiger partial charge on any atom is -0.342 e. The van der Waals surface area contributed by atoms with Gasteiger partial charge in [-0.25, -0.2) is 4.39 Å². The van der Waals surface area contributed by atoms with Gasteiger partial charge in [-0.1, -0.05) is 12.1 Å². The lowest BCUT2D eigenvalue weighted by atomic mass is 9.95. The third kappa shape index (κ3) is 5.06. The maximum Gasteiger partial charge on any atom is 0.227 e. The van der Waals surface area contributed by atoms with E-state index in [1.807, 2.05) is 11.0 Å². The average Bonchev–Trinajstić information content (AvgIpc) is 2.67. The number of piperazine rings is 1. The Labute approximate surface area is 161 Å². The number of likely N-dealkylation sites (tertiary alicyclic amines) is 1. The molecule has 1 aromatic carbocycles. The van der Waals surface area contributed by atoms with Crippen LogP contribution in [0.3, 0.4) is 0 Å². The van der Waals surface area contributed by atoms with Crippen LogP contribution in [0.15, 0.2) is 24.3 Å². The number of nitrogens with zero attached hydrogens (tertiary/aromatic N) is 3. The monoisotopic (exact) mass is 375 g/mol. The first-order valence-corrected chi connectivity index (χ1v) is 9.99. The zero-order valence-corrected chi connectivity index (χ0v) is 16.4. The van der Waals surface area contributed by atoms with Crippen LogP contribution in [0, 0.1) is 11.7 Å². The second-order valence-corrected chi connectivity index (χ2v) is 7.91. The lowest BCUT2D eigenvalue weighted by Gasteiger charge is -2.40. The number of piperidine rings is 1. The van der Waals surface area contributed by atoms with Crippen molar-refractivity contribution in [3.05, 3.63) is 35.6 Å². The van der Waals surface area contributed by atoms with Crippen LogP contribution in [-0.2, 0) is 16.0 Å². The number of benzene rings is 1. The first-order valence-electron chi connectivity index (χ1n) is 9.99. The van der Waals surface area contributed by atoms with E-state index in [9.17, 15) is 14.0 Å². The fourth-order valence-corrected chi connectivity index (χ4v) is 4.01. The summed E-state index contributed by atoms with van der Waals surface area (Å²) in [5, 5.41) is 0. The molecule has 0 aliphatic carbocycles. The van der Waals surface area contributed by atoms with Gasteiger partial charge in [-0.3, -0.25) is 14.5 Å². The van der Waals surface area contributed by atoms with E-state index in [0.717, 1.165) is 31.7 Å². The summed E-state index contributed by atoms with van der Waals surface area (Å²) in [6.07, 6.45) is 1.67. The average molecular weight is 375 g/mol. The lowest BCUT2D eigenvalue weighted by molar-refractivity contribution is -0.144. The van der Waals surface area contributed by atoms with Crippen molar-refractivity contribution in [1.82, 2.24) is 14.7 Å². The summed E-state index contributed by atoms with van der Waals surface area (Å²) in [6.45, 7) is 8.75. The van der Waals surface area contributed by atoms with Gasteiger partial charge in [0.2, 0.25) is 11.8 Å². The molecule has 2 heterocycles. The molecule has 27 heavy (non-hydrogen) atoms. The summed E-state index contributed by atoms with van der Waals surface area (Å²) in [5.41, 5.74) is 0.876. The van der Waals surface area contributed by atoms with Crippen molar-refractivity contribution in [1.29, 1.82) is 0 Å². The minimum absolute atomic E-state index is 0.0973. The zero-order chi connectivity index (χ0) is 19.4. The molecule has 0 aromatic heterocycles. The van der Waals surface area contributed by atoms with Gasteiger partial charge in [0.15, 0.2) is 0 Å². The number of amides is 2. The van der Waals surface area contributed by atoms with Gasteiger partial charge in [0.25, 0.3) is 0 Å². The highest BCUT2D eigenvalue weighted by Crippen LogP contribution is 2.21. The Kier molecular flexibility index (Phi) is 6.47. The molecular weight excluding hydrogens is 345 g/mol. The molecule has 3 rings (SSSR count). The second kappa shape index (κ2) is 8.83. The van der Waals surface area contributed by atoms with E-state index in [2.05, 4.69) is 18.7 Å². The van der Waals surface area contributed by atoms with E-state index in [0.29, 0.717) is 38.4 Å². The third-order valence-corrected chi connectivity index (χ3v) is 5.77. The number of hydrogen-bond acceptors (Lipinski definition) is 3. The van der Waals surface area contributed by atoms with Crippen molar-refractivity contribution < 1.29 is 14.0 Å². The van der Waals surface area contributed by atoms with Crippen LogP contribution in [-0.4, -0.2) is 71.8 Å². The predicted octanol–water partition coefficient (Wildman–Crippen LogP) is 2.16. The highest BCUT2D eigenvalue weighted by molar-refractivity contribution is 5.84. The Morgan fingerprint density at radius 1 is 1.22 bits per heavy atom. The van der Waals surface area contributed by atoms with Crippen molar-refractivity contribution >= 4 is 11.8 Å². The van der Waals surface area contributed by atoms with Gasteiger partial charge in [0, 0.05) is 51.7 Å². The van der Waals surface area contributed by atoms with Gasteiger partial charge < -0.3 is 9.80 Å². The quantitative estimate of drug-likeness (QED) is 0.792. The second-order valence-electron chi connectivity index (χ2n) is 7.91. The minimum atomic E-state index is -0.258. The van der Waals surface area contributed by atoms with Gasteiger partial charge in [-0.15, -0.1) is 0 Å². The van der Waals surface area contributed by atoms with Crippen molar-refractivity contribution in [2.75, 3.05) is 39.3 Å². The molecule has 5 nitrogen and oxygen atoms in total. The molecule has 1 aromatic rings. The smallest absolute Gasteiger partial charge is 0.227 e. The van der Waals surface area contributed by atoms with Gasteiger partial charge in [-0.05, 0) is 44.4 Å². The number of carbonyl (C=O) groups excluding carboxylic acids is 2. The van der Waals surface area contributed by atoms with E-state index in [1.54, 1.807) is 11.0 Å². The van der Waals surface area contributed by atoms with E-state index in [-0.39, 0.29) is 23.5 Å². The maximum absolute atomic E-state index is 13.3. The SMILES string of the molecule is CC(C)N1CCN(C(=O)[C@@H]2CCC(=O)N(CCc3cccc(F)c3)C2)CC1. The fraction of sp³-hybridized carbons (Fsp3) is 0.619. The van der Waals surface area contributed by atoms with Gasteiger partial charge in [0.1, 0.15) is 5.82 Å². The van der Waals surface area contributed by atoms with Crippen LogP contribution in [0.25, 0.3) is 0 Å². The van der Waals surface area contributed by atoms with E-state index in [4.69, 9.17) is 0 Å². The summed E-state index contributed by atoms with van der Waals surface area (Å²) in [7, 11) is 0. The summed E-state index contributed by atoms with van der Waals surface area (Å²) in [4.78, 5) is 31.3. The molecule has 148 valence electrons. The first kappa shape index (κ1) is 19.8. The Bertz CT molecular complexity index is 671. The molecule has 2 amide bonds. The van der Waals surface area contributed by atoms with E-state index >= 15 is 0 Å². The Morgan fingerprint density at radius 3 is 2.63 bits per heavy atom. The standard InChI is InChI=1S/C21H30FN3O2/c1-16(2)23-10-12-24(13-11-23)21(27)18-6-7-20(26)25(15-18)9-8-17-4-3-5-19(22)14-17/h3-5,14,16,18H,6-13,15H2,1-2H3/t18-/m1/s1. The van der Waals surface area contributed by atoms with Crippen molar-refractivity contribution in [3.8, 4) is 0 Å². The Balaban J connectivity index is 1.53. The number of halogens is 1. The predicted molar refractivity (Wildman–Crippen MR) is 103 cm³/mol. The molecule has 0 unspecified atom stereocenters. The van der Waals surface area contributed by atoms with Gasteiger partial charge in [-0.2, -0.15) is 0 Å². The molecule has 6 heteroatoms. The third-order valence-electron chi connectivity index (χ3n) is 5.77. The largest absolute Gasteiger partial charge is 0.342 e. The number of carbonyl (C=O) groups is 2. The van der Waals surface area contributed by atoms with Crippen LogP contribution in [0.2, 0.25) is 0 Å². The van der Waals surface area contributed by atoms with Crippen LogP contribution in [0.4, 0.5) is 4.39 Å². The van der Waals surface area contributed by atoms with Crippen LogP contribution >= 0.6 is 0 Å². The molecule has 0 N–H and O–H groups in total. The zero-order valence-electron chi connectivity index (χ0n) is 16.4. The van der Waals surface area contributed by atoms with Crippen molar-refractivity contribution in [2.45, 2.75) is 39.2 Å². The first-order chi connectivity index (χ1) is 12.9. The number of hydrogen-bond donors (Lipinski definition) is 0. The van der Waals surface area contributed by atoms with E-state index < -0.39 is 0 Å². The summed E-state index contributed by atoms with van der Waals surface area (Å²) in [5.74, 6) is -0.0892. The fourth-order valence-electron chi connectivity index (χ4n) is 4.01. The molecule has 0 radical (unpaired) electrons. The van der Waals surface area contributed by atoms with Crippen LogP contribution in [0.5, 0.6) is 0 Å². The van der Waals surface area contributed by atoms with Crippen molar-refractivity contribution in [2.24, 2.45) is 5.92 Å². The summed E-state index contributed by atoms with van der Waals surface area (Å²) in [6, 6.07) is 6.99. The van der Waals surface area contributed by atoms with E-state index in [1.165, 1.54) is 12.1 Å². The molecule has 0 bridgehead atoms. The number of rotatable bonds is 5. The molecule has 2 fully saturated rings. The summed E-state index contributed by atoms with van der Waals surface area (Å²) < 4.78 is 13.3. The lowest BCUT2D eigenvalue weighted by Crippen LogP contribution is -2.54. The van der Waals surface area contributed by atoms with Gasteiger partial charge >= 0.3 is 0 Å². The highest BCUT2D eigenvalue weighted by Gasteiger charge is 2.33. The van der Waals surface area contributed by atoms with Gasteiger partial charge in [0.05, 0.1) is 5.92 Å². The highest BCUT2D eigenvalue weighted by atomic mass is 19.1. The molecule has 0 saturated carbocycles. The van der Waals surface area contributed by atoms with Crippen molar-refractivity contribution in [3.63, 3.8) is 0 Å². The molecular formula is C21H30FN3O2. The topological polar surface area (TPSA) is 43.9 Å². The Morgan fingerprint density at radius 2 is 1.96 bits per heavy atom. The molecule has 1 atom stereocenters. The molecule has 2 aliphatic heterocycles. The van der Waals surface area contributed by atoms with Crippen LogP contribution in [0.1, 0.15) is 32.3 Å². The molecule has 2 saturated heterocycles. The van der Waals surface area contributed by atoms with Crippen LogP contribution < -0.4 is 0 Å². The Hall–Kier alpha value is -1.95. The molecule has 2 aliphatic rings. The maximum atomic E-state index is 13.3. The molecule has 0 spiro atoms. The normalized spacial score (nSPS) is 21.8. The summed E-state index contributed by atoms with van der Waals surface area (Å²) >= 11 is 0.